The van der Waals surface area contributed by atoms with Gasteiger partial charge in [0.1, 0.15) is 11.5 Å². The van der Waals surface area contributed by atoms with E-state index >= 15 is 0 Å². The number of pyridine rings is 1. The standard InChI is InChI=1S/C14H12O3.C9H7N/c1-17-11-7-8-12(13(15)9-11)14(16)10-5-3-2-4-6-10;1-2-4-9-7-10-6-5-8(9)3-1/h2-9,15H,1H3;1-7H. The minimum Gasteiger partial charge on any atom is -0.507 e. The summed E-state index contributed by atoms with van der Waals surface area (Å²) in [6.07, 6.45) is 3.68. The van der Waals surface area contributed by atoms with Gasteiger partial charge >= 0.3 is 0 Å². The summed E-state index contributed by atoms with van der Waals surface area (Å²) in [7, 11) is 1.51. The predicted molar refractivity (Wildman–Crippen MR) is 106 cm³/mol. The maximum Gasteiger partial charge on any atom is 0.196 e. The summed E-state index contributed by atoms with van der Waals surface area (Å²) in [6, 6.07) is 23.7. The average Bonchev–Trinajstić information content (AvgIpc) is 2.74. The molecule has 4 heteroatoms. The number of hydrogen-bond acceptors (Lipinski definition) is 4. The van der Waals surface area contributed by atoms with Crippen molar-refractivity contribution in [2.75, 3.05) is 7.11 Å². The molecule has 0 amide bonds. The fourth-order valence-electron chi connectivity index (χ4n) is 2.60. The van der Waals surface area contributed by atoms with Gasteiger partial charge in [-0.15, -0.1) is 0 Å². The van der Waals surface area contributed by atoms with Gasteiger partial charge in [-0.25, -0.2) is 0 Å². The lowest BCUT2D eigenvalue weighted by Gasteiger charge is -2.06. The molecular formula is C23H19NO3. The Labute approximate surface area is 157 Å². The van der Waals surface area contributed by atoms with Crippen molar-refractivity contribution >= 4 is 16.6 Å². The first-order chi connectivity index (χ1) is 13.2. The highest BCUT2D eigenvalue weighted by Gasteiger charge is 2.13. The fraction of sp³-hybridized carbons (Fsp3) is 0.0435. The number of ether oxygens (including phenoxy) is 1. The first-order valence-corrected chi connectivity index (χ1v) is 8.44. The number of aromatic hydroxyl groups is 1. The Morgan fingerprint density at radius 3 is 2.26 bits per heavy atom. The first-order valence-electron chi connectivity index (χ1n) is 8.44. The zero-order chi connectivity index (χ0) is 19.1. The molecule has 0 aliphatic carbocycles. The van der Waals surface area contributed by atoms with Gasteiger partial charge in [-0.1, -0.05) is 54.6 Å². The van der Waals surface area contributed by atoms with Gasteiger partial charge in [-0.3, -0.25) is 9.78 Å². The van der Waals surface area contributed by atoms with E-state index in [2.05, 4.69) is 17.1 Å². The first kappa shape index (κ1) is 18.1. The lowest BCUT2D eigenvalue weighted by atomic mass is 10.0. The van der Waals surface area contributed by atoms with E-state index in [-0.39, 0.29) is 17.1 Å². The number of methoxy groups -OCH3 is 1. The molecule has 0 aliphatic rings. The van der Waals surface area contributed by atoms with Crippen LogP contribution in [0.1, 0.15) is 15.9 Å². The molecule has 1 aromatic heterocycles. The minimum absolute atomic E-state index is 0.0711. The van der Waals surface area contributed by atoms with Crippen LogP contribution in [0.3, 0.4) is 0 Å². The van der Waals surface area contributed by atoms with Crippen LogP contribution < -0.4 is 4.74 Å². The number of phenols is 1. The summed E-state index contributed by atoms with van der Waals surface area (Å²) in [6.45, 7) is 0. The summed E-state index contributed by atoms with van der Waals surface area (Å²) in [5.41, 5.74) is 0.824. The Balaban J connectivity index is 0.000000177. The largest absolute Gasteiger partial charge is 0.507 e. The van der Waals surface area contributed by atoms with Crippen LogP contribution in [0, 0.1) is 0 Å². The van der Waals surface area contributed by atoms with E-state index < -0.39 is 0 Å². The molecule has 1 heterocycles. The molecule has 1 N–H and O–H groups in total. The van der Waals surface area contributed by atoms with Crippen LogP contribution in [-0.4, -0.2) is 23.0 Å². The molecule has 4 nitrogen and oxygen atoms in total. The van der Waals surface area contributed by atoms with Crippen molar-refractivity contribution in [3.63, 3.8) is 0 Å². The molecule has 27 heavy (non-hydrogen) atoms. The van der Waals surface area contributed by atoms with Crippen LogP contribution in [0.4, 0.5) is 0 Å². The molecule has 134 valence electrons. The second kappa shape index (κ2) is 8.63. The van der Waals surface area contributed by atoms with Crippen molar-refractivity contribution in [2.45, 2.75) is 0 Å². The van der Waals surface area contributed by atoms with Gasteiger partial charge in [0.25, 0.3) is 0 Å². The van der Waals surface area contributed by atoms with Gasteiger partial charge in [0.2, 0.25) is 0 Å². The number of carbonyl (C=O) groups is 1. The highest BCUT2D eigenvalue weighted by Crippen LogP contribution is 2.25. The normalized spacial score (nSPS) is 9.96. The van der Waals surface area contributed by atoms with Gasteiger partial charge in [-0.2, -0.15) is 0 Å². The second-order valence-corrected chi connectivity index (χ2v) is 5.80. The van der Waals surface area contributed by atoms with Crippen LogP contribution in [0.15, 0.2) is 91.3 Å². The summed E-state index contributed by atoms with van der Waals surface area (Å²) in [4.78, 5) is 16.1. The smallest absolute Gasteiger partial charge is 0.196 e. The number of phenolic OH excluding ortho intramolecular Hbond substituents is 1. The molecule has 0 bridgehead atoms. The Bertz CT molecular complexity index is 980. The number of nitrogens with zero attached hydrogens (tertiary/aromatic N) is 1. The van der Waals surface area contributed by atoms with Crippen molar-refractivity contribution in [3.8, 4) is 11.5 Å². The van der Waals surface area contributed by atoms with Crippen LogP contribution in [-0.2, 0) is 0 Å². The summed E-state index contributed by atoms with van der Waals surface area (Å²) in [5, 5.41) is 12.2. The lowest BCUT2D eigenvalue weighted by Crippen LogP contribution is -2.01. The molecule has 0 atom stereocenters. The molecule has 0 fully saturated rings. The van der Waals surface area contributed by atoms with E-state index in [1.165, 1.54) is 23.9 Å². The van der Waals surface area contributed by atoms with Crippen molar-refractivity contribution in [1.29, 1.82) is 0 Å². The molecule has 4 rings (SSSR count). The van der Waals surface area contributed by atoms with Gasteiger partial charge in [-0.05, 0) is 29.0 Å². The highest BCUT2D eigenvalue weighted by molar-refractivity contribution is 6.10. The Morgan fingerprint density at radius 2 is 1.59 bits per heavy atom. The third-order valence-corrected chi connectivity index (χ3v) is 4.04. The summed E-state index contributed by atoms with van der Waals surface area (Å²) < 4.78 is 4.96. The second-order valence-electron chi connectivity index (χ2n) is 5.80. The summed E-state index contributed by atoms with van der Waals surface area (Å²) in [5.74, 6) is 0.246. The Hall–Kier alpha value is -3.66. The van der Waals surface area contributed by atoms with Crippen molar-refractivity contribution in [3.05, 3.63) is 102 Å². The van der Waals surface area contributed by atoms with Crippen molar-refractivity contribution in [2.24, 2.45) is 0 Å². The molecule has 3 aromatic carbocycles. The Morgan fingerprint density at radius 1 is 0.889 bits per heavy atom. The number of ketones is 1. The number of carbonyl (C=O) groups excluding carboxylic acids is 1. The molecule has 4 aromatic rings. The number of hydrogen-bond donors (Lipinski definition) is 1. The van der Waals surface area contributed by atoms with E-state index in [0.717, 1.165) is 0 Å². The predicted octanol–water partition coefficient (Wildman–Crippen LogP) is 4.87. The van der Waals surface area contributed by atoms with Crippen LogP contribution >= 0.6 is 0 Å². The number of aromatic nitrogens is 1. The zero-order valence-electron chi connectivity index (χ0n) is 14.9. The SMILES string of the molecule is COc1ccc(C(=O)c2ccccc2)c(O)c1.c1ccc2cnccc2c1. The molecule has 0 saturated carbocycles. The number of benzene rings is 3. The zero-order valence-corrected chi connectivity index (χ0v) is 14.9. The minimum atomic E-state index is -0.203. The third kappa shape index (κ3) is 4.50. The number of rotatable bonds is 3. The lowest BCUT2D eigenvalue weighted by molar-refractivity contribution is 0.103. The van der Waals surface area contributed by atoms with E-state index in [1.807, 2.05) is 36.7 Å². The Kier molecular flexibility index (Phi) is 5.80. The summed E-state index contributed by atoms with van der Waals surface area (Å²) >= 11 is 0. The molecule has 0 unspecified atom stereocenters. The van der Waals surface area contributed by atoms with Crippen LogP contribution in [0.5, 0.6) is 11.5 Å². The topological polar surface area (TPSA) is 59.4 Å². The molecular weight excluding hydrogens is 338 g/mol. The molecule has 0 aliphatic heterocycles. The van der Waals surface area contributed by atoms with E-state index in [4.69, 9.17) is 4.74 Å². The van der Waals surface area contributed by atoms with Gasteiger partial charge in [0.15, 0.2) is 5.78 Å². The van der Waals surface area contributed by atoms with E-state index in [0.29, 0.717) is 11.3 Å². The molecule has 0 radical (unpaired) electrons. The molecule has 0 spiro atoms. The van der Waals surface area contributed by atoms with Crippen LogP contribution in [0.25, 0.3) is 10.8 Å². The van der Waals surface area contributed by atoms with Gasteiger partial charge in [0.05, 0.1) is 12.7 Å². The van der Waals surface area contributed by atoms with Crippen molar-refractivity contribution in [1.82, 2.24) is 4.98 Å². The van der Waals surface area contributed by atoms with Crippen molar-refractivity contribution < 1.29 is 14.6 Å². The maximum atomic E-state index is 12.1. The van der Waals surface area contributed by atoms with Gasteiger partial charge < -0.3 is 9.84 Å². The monoisotopic (exact) mass is 357 g/mol. The average molecular weight is 357 g/mol. The molecule has 0 saturated heterocycles. The maximum absolute atomic E-state index is 12.1. The number of fused-ring (bicyclic) bond motifs is 1. The van der Waals surface area contributed by atoms with Gasteiger partial charge in [0, 0.05) is 24.0 Å². The fourth-order valence-corrected chi connectivity index (χ4v) is 2.60. The third-order valence-electron chi connectivity index (χ3n) is 4.04. The van der Waals surface area contributed by atoms with Crippen LogP contribution in [0.2, 0.25) is 0 Å². The highest BCUT2D eigenvalue weighted by atomic mass is 16.5. The quantitative estimate of drug-likeness (QED) is 0.532. The van der Waals surface area contributed by atoms with E-state index in [9.17, 15) is 9.90 Å². The van der Waals surface area contributed by atoms with E-state index in [1.54, 1.807) is 36.4 Å².